The zero-order valence-electron chi connectivity index (χ0n) is 7.31. The molecule has 3 heteroatoms. The Balaban J connectivity index is 2.29. The Hall–Kier alpha value is -0.150. The van der Waals surface area contributed by atoms with Crippen molar-refractivity contribution in [1.29, 1.82) is 0 Å². The Morgan fingerprint density at radius 2 is 2.27 bits per heavy atom. The van der Waals surface area contributed by atoms with Crippen molar-refractivity contribution in [2.45, 2.75) is 32.0 Å². The molecule has 0 amide bonds. The van der Waals surface area contributed by atoms with Crippen LogP contribution < -0.4 is 5.73 Å². The first-order valence-corrected chi connectivity index (χ1v) is 4.13. The van der Waals surface area contributed by atoms with E-state index in [4.69, 9.17) is 5.73 Å². The summed E-state index contributed by atoms with van der Waals surface area (Å²) in [5, 5.41) is 0. The monoisotopic (exact) mass is 160 g/mol. The molecule has 0 saturated carbocycles. The maximum absolute atomic E-state index is 12.7. The van der Waals surface area contributed by atoms with Gasteiger partial charge in [0.25, 0.3) is 0 Å². The molecule has 2 N–H and O–H groups in total. The minimum absolute atomic E-state index is 0.190. The van der Waals surface area contributed by atoms with Crippen molar-refractivity contribution in [3.63, 3.8) is 0 Å². The third-order valence-corrected chi connectivity index (χ3v) is 1.85. The predicted octanol–water partition coefficient (Wildman–Crippen LogP) is 0.767. The van der Waals surface area contributed by atoms with E-state index < -0.39 is 6.17 Å². The highest BCUT2D eigenvalue weighted by atomic mass is 19.1. The topological polar surface area (TPSA) is 29.3 Å². The maximum atomic E-state index is 12.7. The van der Waals surface area contributed by atoms with Crippen molar-refractivity contribution < 1.29 is 4.39 Å². The van der Waals surface area contributed by atoms with E-state index in [2.05, 4.69) is 4.90 Å². The Morgan fingerprint density at radius 3 is 2.64 bits per heavy atom. The highest BCUT2D eigenvalue weighted by Crippen LogP contribution is 2.14. The van der Waals surface area contributed by atoms with Gasteiger partial charge in [0, 0.05) is 25.2 Å². The molecule has 1 rings (SSSR count). The summed E-state index contributed by atoms with van der Waals surface area (Å²) in [7, 11) is 0. The molecule has 0 spiro atoms. The lowest BCUT2D eigenvalue weighted by Gasteiger charge is -2.25. The van der Waals surface area contributed by atoms with Gasteiger partial charge in [0.2, 0.25) is 0 Å². The first-order chi connectivity index (χ1) is 4.97. The molecule has 66 valence electrons. The van der Waals surface area contributed by atoms with Crippen molar-refractivity contribution in [2.24, 2.45) is 5.73 Å². The van der Waals surface area contributed by atoms with Gasteiger partial charge in [-0.1, -0.05) is 0 Å². The molecule has 1 unspecified atom stereocenters. The fourth-order valence-electron chi connectivity index (χ4n) is 1.51. The fourth-order valence-corrected chi connectivity index (χ4v) is 1.51. The normalized spacial score (nSPS) is 27.8. The summed E-state index contributed by atoms with van der Waals surface area (Å²) in [5.74, 6) is 0. The van der Waals surface area contributed by atoms with Gasteiger partial charge in [-0.05, 0) is 20.3 Å². The molecule has 1 aliphatic rings. The van der Waals surface area contributed by atoms with Gasteiger partial charge in [0.15, 0.2) is 0 Å². The molecule has 1 fully saturated rings. The summed E-state index contributed by atoms with van der Waals surface area (Å²) in [6.07, 6.45) is 0.0492. The lowest BCUT2D eigenvalue weighted by atomic mass is 10.1. The second kappa shape index (κ2) is 3.07. The van der Waals surface area contributed by atoms with Gasteiger partial charge in [-0.2, -0.15) is 0 Å². The smallest absolute Gasteiger partial charge is 0.114 e. The van der Waals surface area contributed by atoms with Crippen molar-refractivity contribution in [3.8, 4) is 0 Å². The largest absolute Gasteiger partial charge is 0.324 e. The molecule has 1 saturated heterocycles. The Bertz CT molecular complexity index is 131. The summed E-state index contributed by atoms with van der Waals surface area (Å²) >= 11 is 0. The zero-order valence-corrected chi connectivity index (χ0v) is 7.31. The van der Waals surface area contributed by atoms with Crippen LogP contribution >= 0.6 is 0 Å². The molecular weight excluding hydrogens is 143 g/mol. The standard InChI is InChI=1S/C8H17FN2/c1-8(2,10)6-11-4-3-7(9)5-11/h7H,3-6,10H2,1-2H3. The van der Waals surface area contributed by atoms with Crippen molar-refractivity contribution in [2.75, 3.05) is 19.6 Å². The van der Waals surface area contributed by atoms with Crippen molar-refractivity contribution in [1.82, 2.24) is 4.90 Å². The number of hydrogen-bond donors (Lipinski definition) is 1. The third-order valence-electron chi connectivity index (χ3n) is 1.85. The van der Waals surface area contributed by atoms with Gasteiger partial charge in [-0.3, -0.25) is 4.90 Å². The predicted molar refractivity (Wildman–Crippen MR) is 44.2 cm³/mol. The summed E-state index contributed by atoms with van der Waals surface area (Å²) in [6.45, 7) is 6.17. The highest BCUT2D eigenvalue weighted by Gasteiger charge is 2.25. The zero-order chi connectivity index (χ0) is 8.48. The van der Waals surface area contributed by atoms with Crippen molar-refractivity contribution >= 4 is 0 Å². The van der Waals surface area contributed by atoms with Gasteiger partial charge in [0.1, 0.15) is 6.17 Å². The molecular formula is C8H17FN2. The quantitative estimate of drug-likeness (QED) is 0.646. The van der Waals surface area contributed by atoms with E-state index in [1.165, 1.54) is 0 Å². The fraction of sp³-hybridized carbons (Fsp3) is 1.00. The number of rotatable bonds is 2. The first kappa shape index (κ1) is 8.94. The van der Waals surface area contributed by atoms with Gasteiger partial charge in [0.05, 0.1) is 0 Å². The van der Waals surface area contributed by atoms with Crippen LogP contribution in [0.15, 0.2) is 0 Å². The van der Waals surface area contributed by atoms with E-state index in [0.717, 1.165) is 13.1 Å². The average molecular weight is 160 g/mol. The van der Waals surface area contributed by atoms with Crippen molar-refractivity contribution in [3.05, 3.63) is 0 Å². The van der Waals surface area contributed by atoms with Crippen LogP contribution in [0, 0.1) is 0 Å². The second-order valence-corrected chi connectivity index (χ2v) is 4.11. The third kappa shape index (κ3) is 3.16. The average Bonchev–Trinajstić information content (AvgIpc) is 2.10. The van der Waals surface area contributed by atoms with E-state index in [1.807, 2.05) is 13.8 Å². The molecule has 1 atom stereocenters. The molecule has 11 heavy (non-hydrogen) atoms. The molecule has 0 aromatic rings. The Morgan fingerprint density at radius 1 is 1.64 bits per heavy atom. The molecule has 0 bridgehead atoms. The molecule has 1 heterocycles. The summed E-state index contributed by atoms with van der Waals surface area (Å²) in [4.78, 5) is 2.09. The maximum Gasteiger partial charge on any atom is 0.114 e. The minimum Gasteiger partial charge on any atom is -0.324 e. The van der Waals surface area contributed by atoms with E-state index >= 15 is 0 Å². The number of alkyl halides is 1. The molecule has 0 aromatic heterocycles. The lowest BCUT2D eigenvalue weighted by molar-refractivity contribution is 0.246. The number of halogens is 1. The van der Waals surface area contributed by atoms with Crippen LogP contribution in [0.2, 0.25) is 0 Å². The Kier molecular flexibility index (Phi) is 2.50. The van der Waals surface area contributed by atoms with E-state index in [1.54, 1.807) is 0 Å². The van der Waals surface area contributed by atoms with Crippen LogP contribution in [0.25, 0.3) is 0 Å². The minimum atomic E-state index is -0.627. The SMILES string of the molecule is CC(C)(N)CN1CCC(F)C1. The van der Waals surface area contributed by atoms with Crippen LogP contribution in [0.1, 0.15) is 20.3 Å². The molecule has 2 nitrogen and oxygen atoms in total. The molecule has 0 radical (unpaired) electrons. The summed E-state index contributed by atoms with van der Waals surface area (Å²) in [5.41, 5.74) is 5.61. The summed E-state index contributed by atoms with van der Waals surface area (Å²) in [6, 6.07) is 0. The number of nitrogens with two attached hydrogens (primary N) is 1. The molecule has 0 aromatic carbocycles. The number of likely N-dealkylation sites (tertiary alicyclic amines) is 1. The van der Waals surface area contributed by atoms with Gasteiger partial charge < -0.3 is 5.73 Å². The van der Waals surface area contributed by atoms with Crippen LogP contribution in [-0.2, 0) is 0 Å². The van der Waals surface area contributed by atoms with Gasteiger partial charge >= 0.3 is 0 Å². The molecule has 0 aliphatic carbocycles. The van der Waals surface area contributed by atoms with Gasteiger partial charge in [-0.15, -0.1) is 0 Å². The van der Waals surface area contributed by atoms with Gasteiger partial charge in [-0.25, -0.2) is 4.39 Å². The van der Waals surface area contributed by atoms with Crippen LogP contribution in [-0.4, -0.2) is 36.2 Å². The molecule has 1 aliphatic heterocycles. The van der Waals surface area contributed by atoms with Crippen LogP contribution in [0.4, 0.5) is 4.39 Å². The number of hydrogen-bond acceptors (Lipinski definition) is 2. The van der Waals surface area contributed by atoms with Crippen LogP contribution in [0.3, 0.4) is 0 Å². The van der Waals surface area contributed by atoms with E-state index in [-0.39, 0.29) is 5.54 Å². The number of nitrogens with zero attached hydrogens (tertiary/aromatic N) is 1. The second-order valence-electron chi connectivity index (χ2n) is 4.11. The summed E-state index contributed by atoms with van der Waals surface area (Å²) < 4.78 is 12.7. The highest BCUT2D eigenvalue weighted by molar-refractivity contribution is 4.82. The van der Waals surface area contributed by atoms with Crippen LogP contribution in [0.5, 0.6) is 0 Å². The van der Waals surface area contributed by atoms with E-state index in [0.29, 0.717) is 13.0 Å². The Labute approximate surface area is 67.6 Å². The lowest BCUT2D eigenvalue weighted by Crippen LogP contribution is -2.44. The van der Waals surface area contributed by atoms with E-state index in [9.17, 15) is 4.39 Å². The first-order valence-electron chi connectivity index (χ1n) is 4.13.